The number of rotatable bonds is 5. The van der Waals surface area contributed by atoms with Gasteiger partial charge in [-0.15, -0.1) is 0 Å². The molecule has 1 aliphatic rings. The zero-order chi connectivity index (χ0) is 11.3. The van der Waals surface area contributed by atoms with Crippen molar-refractivity contribution in [3.05, 3.63) is 0 Å². The summed E-state index contributed by atoms with van der Waals surface area (Å²) in [6.45, 7) is 12.8. The van der Waals surface area contributed by atoms with Gasteiger partial charge in [-0.2, -0.15) is 0 Å². The molecule has 15 heavy (non-hydrogen) atoms. The minimum Gasteiger partial charge on any atom is -0.315 e. The molecule has 1 rings (SSSR count). The van der Waals surface area contributed by atoms with E-state index in [4.69, 9.17) is 0 Å². The molecule has 0 bridgehead atoms. The molecule has 0 spiro atoms. The van der Waals surface area contributed by atoms with Crippen molar-refractivity contribution in [3.63, 3.8) is 0 Å². The summed E-state index contributed by atoms with van der Waals surface area (Å²) < 4.78 is 0. The first-order chi connectivity index (χ1) is 7.16. The molecule has 0 saturated carbocycles. The predicted octanol–water partition coefficient (Wildman–Crippen LogP) is 2.49. The molecule has 0 amide bonds. The highest BCUT2D eigenvalue weighted by atomic mass is 15.2. The van der Waals surface area contributed by atoms with Gasteiger partial charge < -0.3 is 5.32 Å². The Bertz CT molecular complexity index is 168. The second-order valence-corrected chi connectivity index (χ2v) is 5.20. The highest BCUT2D eigenvalue weighted by Gasteiger charge is 2.27. The van der Waals surface area contributed by atoms with Gasteiger partial charge in [0.25, 0.3) is 0 Å². The normalized spacial score (nSPS) is 25.8. The molecule has 1 saturated heterocycles. The van der Waals surface area contributed by atoms with Crippen LogP contribution in [0.15, 0.2) is 0 Å². The lowest BCUT2D eigenvalue weighted by Gasteiger charge is -2.41. The second-order valence-electron chi connectivity index (χ2n) is 5.20. The third-order valence-corrected chi connectivity index (χ3v) is 3.65. The van der Waals surface area contributed by atoms with Crippen molar-refractivity contribution in [1.29, 1.82) is 0 Å². The number of hydrogen-bond acceptors (Lipinski definition) is 2. The molecule has 1 aliphatic heterocycles. The summed E-state index contributed by atoms with van der Waals surface area (Å²) in [4.78, 5) is 2.72. The fourth-order valence-electron chi connectivity index (χ4n) is 2.64. The summed E-state index contributed by atoms with van der Waals surface area (Å²) >= 11 is 0. The van der Waals surface area contributed by atoms with Gasteiger partial charge in [-0.25, -0.2) is 0 Å². The molecule has 2 unspecified atom stereocenters. The van der Waals surface area contributed by atoms with Crippen LogP contribution in [0.4, 0.5) is 0 Å². The Morgan fingerprint density at radius 2 is 2.07 bits per heavy atom. The Balaban J connectivity index is 2.52. The minimum atomic E-state index is 0.722. The van der Waals surface area contributed by atoms with Crippen molar-refractivity contribution in [1.82, 2.24) is 10.2 Å². The van der Waals surface area contributed by atoms with E-state index in [-0.39, 0.29) is 0 Å². The Morgan fingerprint density at radius 3 is 2.60 bits per heavy atom. The first-order valence-electron chi connectivity index (χ1n) is 6.63. The van der Waals surface area contributed by atoms with Crippen LogP contribution in [0.25, 0.3) is 0 Å². The number of likely N-dealkylation sites (N-methyl/N-ethyl adjacent to an activating group) is 1. The maximum Gasteiger partial charge on any atom is 0.0246 e. The fourth-order valence-corrected chi connectivity index (χ4v) is 2.64. The molecule has 1 heterocycles. The van der Waals surface area contributed by atoms with Gasteiger partial charge in [-0.3, -0.25) is 4.90 Å². The van der Waals surface area contributed by atoms with E-state index in [1.54, 1.807) is 0 Å². The van der Waals surface area contributed by atoms with Gasteiger partial charge >= 0.3 is 0 Å². The van der Waals surface area contributed by atoms with Gasteiger partial charge in [-0.05, 0) is 38.8 Å². The monoisotopic (exact) mass is 212 g/mol. The quantitative estimate of drug-likeness (QED) is 0.753. The topological polar surface area (TPSA) is 15.3 Å². The van der Waals surface area contributed by atoms with E-state index >= 15 is 0 Å². The molecule has 1 fully saturated rings. The molecule has 0 aliphatic carbocycles. The maximum absolute atomic E-state index is 3.51. The van der Waals surface area contributed by atoms with E-state index in [1.165, 1.54) is 25.8 Å². The van der Waals surface area contributed by atoms with E-state index in [0.29, 0.717) is 0 Å². The predicted molar refractivity (Wildman–Crippen MR) is 67.2 cm³/mol. The molecule has 1 N–H and O–H groups in total. The Kier molecular flexibility index (Phi) is 5.62. The minimum absolute atomic E-state index is 0.722. The van der Waals surface area contributed by atoms with Crippen LogP contribution < -0.4 is 5.32 Å². The first-order valence-corrected chi connectivity index (χ1v) is 6.63. The summed E-state index contributed by atoms with van der Waals surface area (Å²) in [6, 6.07) is 1.50. The van der Waals surface area contributed by atoms with Gasteiger partial charge in [0.2, 0.25) is 0 Å². The van der Waals surface area contributed by atoms with Crippen LogP contribution in [0.5, 0.6) is 0 Å². The van der Waals surface area contributed by atoms with Gasteiger partial charge in [0, 0.05) is 18.6 Å². The number of hydrogen-bond donors (Lipinski definition) is 1. The lowest BCUT2D eigenvalue weighted by atomic mass is 9.95. The molecular formula is C13H28N2. The third-order valence-electron chi connectivity index (χ3n) is 3.65. The van der Waals surface area contributed by atoms with Crippen LogP contribution in [0.3, 0.4) is 0 Å². The average Bonchev–Trinajstić information content (AvgIpc) is 2.20. The lowest BCUT2D eigenvalue weighted by Crippen LogP contribution is -2.51. The van der Waals surface area contributed by atoms with Crippen molar-refractivity contribution < 1.29 is 0 Å². The molecule has 0 aromatic carbocycles. The third kappa shape index (κ3) is 3.76. The SMILES string of the molecule is CCNCC(C(C)C)N1CCCCC1C. The number of nitrogens with one attached hydrogen (secondary N) is 1. The van der Waals surface area contributed by atoms with Gasteiger partial charge in [0.1, 0.15) is 0 Å². The average molecular weight is 212 g/mol. The van der Waals surface area contributed by atoms with E-state index in [0.717, 1.165) is 31.1 Å². The molecule has 2 nitrogen and oxygen atoms in total. The van der Waals surface area contributed by atoms with Crippen LogP contribution in [0.1, 0.15) is 47.0 Å². The second kappa shape index (κ2) is 6.49. The van der Waals surface area contributed by atoms with Crippen LogP contribution >= 0.6 is 0 Å². The van der Waals surface area contributed by atoms with Crippen LogP contribution in [0, 0.1) is 5.92 Å². The summed E-state index contributed by atoms with van der Waals surface area (Å²) in [5.41, 5.74) is 0. The number of piperidine rings is 1. The van der Waals surface area contributed by atoms with E-state index in [1.807, 2.05) is 0 Å². The zero-order valence-corrected chi connectivity index (χ0v) is 10.9. The largest absolute Gasteiger partial charge is 0.315 e. The zero-order valence-electron chi connectivity index (χ0n) is 10.9. The molecule has 0 aromatic heterocycles. The van der Waals surface area contributed by atoms with Crippen LogP contribution in [-0.2, 0) is 0 Å². The van der Waals surface area contributed by atoms with E-state index < -0.39 is 0 Å². The smallest absolute Gasteiger partial charge is 0.0246 e. The van der Waals surface area contributed by atoms with E-state index in [2.05, 4.69) is 37.9 Å². The van der Waals surface area contributed by atoms with Gasteiger partial charge in [0.05, 0.1) is 0 Å². The highest BCUT2D eigenvalue weighted by Crippen LogP contribution is 2.22. The summed E-state index contributed by atoms with van der Waals surface area (Å²) in [5.74, 6) is 0.754. The van der Waals surface area contributed by atoms with Crippen molar-refractivity contribution >= 4 is 0 Å². The summed E-state index contributed by atoms with van der Waals surface area (Å²) in [5, 5.41) is 3.51. The van der Waals surface area contributed by atoms with Gasteiger partial charge in [-0.1, -0.05) is 27.2 Å². The molecule has 0 aromatic rings. The van der Waals surface area contributed by atoms with Crippen molar-refractivity contribution in [2.24, 2.45) is 5.92 Å². The van der Waals surface area contributed by atoms with Crippen molar-refractivity contribution in [2.75, 3.05) is 19.6 Å². The number of nitrogens with zero attached hydrogens (tertiary/aromatic N) is 1. The standard InChI is InChI=1S/C13H28N2/c1-5-14-10-13(11(2)3)15-9-7-6-8-12(15)4/h11-14H,5-10H2,1-4H3. The van der Waals surface area contributed by atoms with Gasteiger partial charge in [0.15, 0.2) is 0 Å². The molecule has 0 radical (unpaired) electrons. The Labute approximate surface area is 95.4 Å². The maximum atomic E-state index is 3.51. The summed E-state index contributed by atoms with van der Waals surface area (Å²) in [7, 11) is 0. The van der Waals surface area contributed by atoms with Crippen LogP contribution in [-0.4, -0.2) is 36.6 Å². The van der Waals surface area contributed by atoms with Crippen molar-refractivity contribution in [2.45, 2.75) is 59.0 Å². The Morgan fingerprint density at radius 1 is 1.33 bits per heavy atom. The highest BCUT2D eigenvalue weighted by molar-refractivity contribution is 4.83. The fraction of sp³-hybridized carbons (Fsp3) is 1.00. The van der Waals surface area contributed by atoms with E-state index in [9.17, 15) is 0 Å². The molecule has 2 heteroatoms. The summed E-state index contributed by atoms with van der Waals surface area (Å²) in [6.07, 6.45) is 4.19. The molecular weight excluding hydrogens is 184 g/mol. The lowest BCUT2D eigenvalue weighted by molar-refractivity contribution is 0.0780. The Hall–Kier alpha value is -0.0800. The molecule has 90 valence electrons. The molecule has 2 atom stereocenters. The van der Waals surface area contributed by atoms with Crippen LogP contribution in [0.2, 0.25) is 0 Å². The first kappa shape index (κ1) is 13.0. The van der Waals surface area contributed by atoms with Crippen molar-refractivity contribution in [3.8, 4) is 0 Å². The number of likely N-dealkylation sites (tertiary alicyclic amines) is 1.